The Kier molecular flexibility index (Phi) is 8.95. The Morgan fingerprint density at radius 3 is 2.10 bits per heavy atom. The molecule has 2 N–H and O–H groups in total. The van der Waals surface area contributed by atoms with E-state index in [-0.39, 0.29) is 12.6 Å². The Balaban J connectivity index is 1.91. The first-order valence-electron chi connectivity index (χ1n) is 9.12. The maximum absolute atomic E-state index is 12.3. The molecule has 0 unspecified atom stereocenters. The molecule has 0 heterocycles. The van der Waals surface area contributed by atoms with Crippen LogP contribution in [0.25, 0.3) is 0 Å². The van der Waals surface area contributed by atoms with Gasteiger partial charge in [0.15, 0.2) is 0 Å². The van der Waals surface area contributed by atoms with Crippen molar-refractivity contribution in [1.82, 2.24) is 10.6 Å². The molecule has 152 valence electrons. The number of rotatable bonds is 9. The summed E-state index contributed by atoms with van der Waals surface area (Å²) in [6.07, 6.45) is 2.45. The molecule has 0 spiro atoms. The van der Waals surface area contributed by atoms with Gasteiger partial charge >= 0.3 is 18.0 Å². The predicted molar refractivity (Wildman–Crippen MR) is 108 cm³/mol. The first-order chi connectivity index (χ1) is 14.1. The molecular weight excluding hydrogens is 372 g/mol. The van der Waals surface area contributed by atoms with Gasteiger partial charge in [0.05, 0.1) is 13.2 Å². The fourth-order valence-corrected chi connectivity index (χ4v) is 2.50. The van der Waals surface area contributed by atoms with Crippen LogP contribution < -0.4 is 10.6 Å². The molecule has 7 nitrogen and oxygen atoms in total. The summed E-state index contributed by atoms with van der Waals surface area (Å²) in [7, 11) is 1.21. The number of hydrogen-bond donors (Lipinski definition) is 2. The Labute approximate surface area is 169 Å². The largest absolute Gasteiger partial charge is 0.466 e. The third-order valence-corrected chi connectivity index (χ3v) is 3.94. The zero-order valence-electron chi connectivity index (χ0n) is 16.2. The van der Waals surface area contributed by atoms with Crippen LogP contribution in [0.4, 0.5) is 4.79 Å². The summed E-state index contributed by atoms with van der Waals surface area (Å²) >= 11 is 0. The monoisotopic (exact) mass is 396 g/mol. The number of ether oxygens (including phenoxy) is 2. The predicted octanol–water partition coefficient (Wildman–Crippen LogP) is 2.37. The molecule has 0 fully saturated rings. The van der Waals surface area contributed by atoms with Gasteiger partial charge in [-0.1, -0.05) is 60.7 Å². The van der Waals surface area contributed by atoms with E-state index in [0.717, 1.165) is 23.3 Å². The Hall–Kier alpha value is -3.61. The molecule has 2 aromatic carbocycles. The van der Waals surface area contributed by atoms with Crippen molar-refractivity contribution < 1.29 is 23.9 Å². The van der Waals surface area contributed by atoms with Crippen molar-refractivity contribution in [3.05, 3.63) is 83.9 Å². The van der Waals surface area contributed by atoms with Gasteiger partial charge in [-0.15, -0.1) is 0 Å². The number of urea groups is 1. The van der Waals surface area contributed by atoms with Crippen LogP contribution in [0.3, 0.4) is 0 Å². The van der Waals surface area contributed by atoms with E-state index in [0.29, 0.717) is 13.0 Å². The number of amides is 2. The lowest BCUT2D eigenvalue weighted by molar-refractivity contribution is -0.139. The van der Waals surface area contributed by atoms with Crippen LogP contribution in [0.5, 0.6) is 0 Å². The lowest BCUT2D eigenvalue weighted by Crippen LogP contribution is -2.45. The minimum absolute atomic E-state index is 0.0437. The molecule has 2 aromatic rings. The van der Waals surface area contributed by atoms with E-state index >= 15 is 0 Å². The molecule has 0 bridgehead atoms. The summed E-state index contributed by atoms with van der Waals surface area (Å²) in [5.74, 6) is -1.35. The first kappa shape index (κ1) is 21.7. The molecule has 0 aromatic heterocycles. The number of methoxy groups -OCH3 is 1. The Morgan fingerprint density at radius 1 is 0.897 bits per heavy atom. The molecule has 1 atom stereocenters. The summed E-state index contributed by atoms with van der Waals surface area (Å²) in [6, 6.07) is 18.3. The number of hydrogen-bond acceptors (Lipinski definition) is 5. The highest BCUT2D eigenvalue weighted by Gasteiger charge is 2.15. The van der Waals surface area contributed by atoms with Crippen molar-refractivity contribution in [3.63, 3.8) is 0 Å². The van der Waals surface area contributed by atoms with Gasteiger partial charge in [0.25, 0.3) is 0 Å². The Morgan fingerprint density at radius 2 is 1.48 bits per heavy atom. The van der Waals surface area contributed by atoms with Gasteiger partial charge in [-0.25, -0.2) is 14.4 Å². The third-order valence-electron chi connectivity index (χ3n) is 3.94. The second-order valence-corrected chi connectivity index (χ2v) is 6.19. The number of benzene rings is 2. The van der Waals surface area contributed by atoms with Gasteiger partial charge in [-0.2, -0.15) is 0 Å². The van der Waals surface area contributed by atoms with Crippen LogP contribution >= 0.6 is 0 Å². The van der Waals surface area contributed by atoms with Crippen molar-refractivity contribution >= 4 is 18.0 Å². The zero-order valence-corrected chi connectivity index (χ0v) is 16.2. The highest BCUT2D eigenvalue weighted by molar-refractivity contribution is 5.91. The highest BCUT2D eigenvalue weighted by Crippen LogP contribution is 2.04. The maximum atomic E-state index is 12.3. The molecule has 0 radical (unpaired) electrons. The van der Waals surface area contributed by atoms with Crippen molar-refractivity contribution in [2.24, 2.45) is 0 Å². The van der Waals surface area contributed by atoms with Crippen LogP contribution in [-0.2, 0) is 32.0 Å². The van der Waals surface area contributed by atoms with E-state index in [2.05, 4.69) is 15.4 Å². The highest BCUT2D eigenvalue weighted by atomic mass is 16.5. The number of nitrogens with one attached hydrogen (secondary N) is 2. The minimum Gasteiger partial charge on any atom is -0.466 e. The van der Waals surface area contributed by atoms with E-state index < -0.39 is 18.0 Å². The van der Waals surface area contributed by atoms with Crippen molar-refractivity contribution in [2.75, 3.05) is 13.7 Å². The topological polar surface area (TPSA) is 93.7 Å². The summed E-state index contributed by atoms with van der Waals surface area (Å²) in [5.41, 5.74) is 1.96. The molecule has 2 amide bonds. The molecule has 0 aliphatic rings. The van der Waals surface area contributed by atoms with Gasteiger partial charge in [-0.05, 0) is 17.5 Å². The van der Waals surface area contributed by atoms with Crippen LogP contribution in [0.15, 0.2) is 72.8 Å². The van der Waals surface area contributed by atoms with Gasteiger partial charge in [0, 0.05) is 18.7 Å². The van der Waals surface area contributed by atoms with Crippen LogP contribution in [-0.4, -0.2) is 37.7 Å². The molecule has 0 aliphatic carbocycles. The summed E-state index contributed by atoms with van der Waals surface area (Å²) in [5, 5.41) is 5.61. The first-order valence-corrected chi connectivity index (χ1v) is 9.12. The van der Waals surface area contributed by atoms with Gasteiger partial charge in [-0.3, -0.25) is 0 Å². The van der Waals surface area contributed by atoms with E-state index in [1.54, 1.807) is 0 Å². The van der Waals surface area contributed by atoms with Gasteiger partial charge in [0.2, 0.25) is 0 Å². The second kappa shape index (κ2) is 12.0. The van der Waals surface area contributed by atoms with E-state index in [9.17, 15) is 14.4 Å². The fraction of sp³-hybridized carbons (Fsp3) is 0.227. The van der Waals surface area contributed by atoms with Crippen LogP contribution in [0.1, 0.15) is 11.1 Å². The van der Waals surface area contributed by atoms with Gasteiger partial charge in [0.1, 0.15) is 6.61 Å². The smallest absolute Gasteiger partial charge is 0.331 e. The minimum atomic E-state index is -0.694. The van der Waals surface area contributed by atoms with Crippen LogP contribution in [0, 0.1) is 0 Å². The van der Waals surface area contributed by atoms with Gasteiger partial charge < -0.3 is 20.1 Å². The average Bonchev–Trinajstić information content (AvgIpc) is 2.75. The lowest BCUT2D eigenvalue weighted by atomic mass is 10.1. The van der Waals surface area contributed by atoms with Crippen molar-refractivity contribution in [2.45, 2.75) is 19.0 Å². The summed E-state index contributed by atoms with van der Waals surface area (Å²) in [4.78, 5) is 35.1. The second-order valence-electron chi connectivity index (χ2n) is 6.19. The third kappa shape index (κ3) is 8.75. The zero-order chi connectivity index (χ0) is 20.9. The maximum Gasteiger partial charge on any atom is 0.331 e. The average molecular weight is 396 g/mol. The van der Waals surface area contributed by atoms with Crippen molar-refractivity contribution in [1.29, 1.82) is 0 Å². The lowest BCUT2D eigenvalue weighted by Gasteiger charge is -2.19. The van der Waals surface area contributed by atoms with Crippen LogP contribution in [0.2, 0.25) is 0 Å². The number of carbonyl (C=O) groups is 3. The number of carbonyl (C=O) groups excluding carboxylic acids is 3. The summed E-state index contributed by atoms with van der Waals surface area (Å²) < 4.78 is 9.58. The van der Waals surface area contributed by atoms with E-state index in [1.165, 1.54) is 7.11 Å². The molecule has 2 rings (SSSR count). The molecule has 7 heteroatoms. The Bertz CT molecular complexity index is 822. The quantitative estimate of drug-likeness (QED) is 0.501. The molecule has 0 aliphatic heterocycles. The normalized spacial score (nSPS) is 11.5. The molecule has 29 heavy (non-hydrogen) atoms. The number of esters is 2. The molecule has 0 saturated heterocycles. The fourth-order valence-electron chi connectivity index (χ4n) is 2.50. The molecular formula is C22H24N2O5. The molecule has 0 saturated carbocycles. The summed E-state index contributed by atoms with van der Waals surface area (Å²) in [6.45, 7) is 0.338. The van der Waals surface area contributed by atoms with Crippen molar-refractivity contribution in [3.8, 4) is 0 Å². The standard InChI is InChI=1S/C22H24N2O5/c1-28-20(25)12-13-21(26)29-16-19(14-17-8-4-2-5-9-17)24-22(27)23-15-18-10-6-3-7-11-18/h2-13,19H,14-16H2,1H3,(H2,23,24,27)/b13-12+/t19-/m1/s1. The van der Waals surface area contributed by atoms with E-state index in [1.807, 2.05) is 60.7 Å². The van der Waals surface area contributed by atoms with E-state index in [4.69, 9.17) is 4.74 Å². The SMILES string of the molecule is COC(=O)/C=C/C(=O)OC[C@@H](Cc1ccccc1)NC(=O)NCc1ccccc1.